The van der Waals surface area contributed by atoms with Crippen molar-refractivity contribution in [2.24, 2.45) is 5.92 Å². The summed E-state index contributed by atoms with van der Waals surface area (Å²) in [5, 5.41) is 4.08. The van der Waals surface area contributed by atoms with Crippen LogP contribution in [-0.2, 0) is 4.79 Å². The second-order valence-corrected chi connectivity index (χ2v) is 7.09. The van der Waals surface area contributed by atoms with Crippen molar-refractivity contribution >= 4 is 38.3 Å². The maximum atomic E-state index is 12.4. The molecular formula is C19H19N3OS. The molecule has 4 nitrogen and oxygen atoms in total. The number of piperidine rings is 1. The zero-order chi connectivity index (χ0) is 16.4. The summed E-state index contributed by atoms with van der Waals surface area (Å²) in [7, 11) is 0. The number of nitrogens with zero attached hydrogens (tertiary/aromatic N) is 2. The number of carbonyl (C=O) groups excluding carboxylic acids is 1. The lowest BCUT2D eigenvalue weighted by molar-refractivity contribution is -0.120. The van der Waals surface area contributed by atoms with Crippen LogP contribution in [0.4, 0.5) is 10.8 Å². The summed E-state index contributed by atoms with van der Waals surface area (Å²) in [5.41, 5.74) is 1.93. The van der Waals surface area contributed by atoms with E-state index in [4.69, 9.17) is 4.98 Å². The molecule has 0 bridgehead atoms. The van der Waals surface area contributed by atoms with Gasteiger partial charge < -0.3 is 10.2 Å². The number of aromatic nitrogens is 1. The van der Waals surface area contributed by atoms with Crippen LogP contribution in [0.3, 0.4) is 0 Å². The van der Waals surface area contributed by atoms with Crippen molar-refractivity contribution < 1.29 is 4.79 Å². The molecule has 0 atom stereocenters. The van der Waals surface area contributed by atoms with Crippen molar-refractivity contribution in [2.45, 2.75) is 12.8 Å². The number of hydrogen-bond donors (Lipinski definition) is 1. The molecule has 2 aromatic carbocycles. The van der Waals surface area contributed by atoms with Crippen LogP contribution in [0.2, 0.25) is 0 Å². The lowest BCUT2D eigenvalue weighted by Gasteiger charge is -2.31. The van der Waals surface area contributed by atoms with Crippen molar-refractivity contribution in [1.82, 2.24) is 4.98 Å². The smallest absolute Gasteiger partial charge is 0.227 e. The largest absolute Gasteiger partial charge is 0.348 e. The van der Waals surface area contributed by atoms with Gasteiger partial charge in [-0.3, -0.25) is 4.79 Å². The maximum Gasteiger partial charge on any atom is 0.227 e. The molecule has 1 fully saturated rings. The summed E-state index contributed by atoms with van der Waals surface area (Å²) in [6, 6.07) is 17.9. The fraction of sp³-hybridized carbons (Fsp3) is 0.263. The molecule has 2 heterocycles. The van der Waals surface area contributed by atoms with E-state index in [1.807, 2.05) is 42.5 Å². The van der Waals surface area contributed by atoms with Crippen LogP contribution in [0.15, 0.2) is 54.6 Å². The van der Waals surface area contributed by atoms with E-state index in [0.29, 0.717) is 0 Å². The number of rotatable bonds is 3. The molecule has 0 radical (unpaired) electrons. The summed E-state index contributed by atoms with van der Waals surface area (Å²) >= 11 is 1.73. The Hall–Kier alpha value is -2.40. The minimum atomic E-state index is 0.0795. The van der Waals surface area contributed by atoms with Gasteiger partial charge in [0.1, 0.15) is 0 Å². The number of benzene rings is 2. The molecule has 5 heteroatoms. The Labute approximate surface area is 145 Å². The van der Waals surface area contributed by atoms with E-state index in [9.17, 15) is 4.79 Å². The zero-order valence-electron chi connectivity index (χ0n) is 13.3. The number of para-hydroxylation sites is 2. The number of amides is 1. The first-order valence-electron chi connectivity index (χ1n) is 8.26. The van der Waals surface area contributed by atoms with Crippen molar-refractivity contribution in [2.75, 3.05) is 23.3 Å². The molecule has 0 aliphatic carbocycles. The summed E-state index contributed by atoms with van der Waals surface area (Å²) in [6.45, 7) is 1.76. The Kier molecular flexibility index (Phi) is 4.17. The number of thiazole rings is 1. The third-order valence-electron chi connectivity index (χ3n) is 4.46. The first-order chi connectivity index (χ1) is 11.8. The minimum absolute atomic E-state index is 0.0795. The van der Waals surface area contributed by atoms with Crippen molar-refractivity contribution in [1.29, 1.82) is 0 Å². The van der Waals surface area contributed by atoms with Crippen LogP contribution in [-0.4, -0.2) is 24.0 Å². The summed E-state index contributed by atoms with van der Waals surface area (Å²) in [5.74, 6) is 0.209. The first-order valence-corrected chi connectivity index (χ1v) is 9.08. The summed E-state index contributed by atoms with van der Waals surface area (Å²) in [6.07, 6.45) is 1.74. The predicted molar refractivity (Wildman–Crippen MR) is 99.6 cm³/mol. The Morgan fingerprint density at radius 3 is 2.50 bits per heavy atom. The highest BCUT2D eigenvalue weighted by atomic mass is 32.1. The lowest BCUT2D eigenvalue weighted by Crippen LogP contribution is -2.38. The molecule has 1 aliphatic heterocycles. The molecule has 1 amide bonds. The molecule has 3 aromatic rings. The number of carbonyl (C=O) groups is 1. The van der Waals surface area contributed by atoms with Gasteiger partial charge in [0, 0.05) is 24.7 Å². The molecule has 0 saturated carbocycles. The van der Waals surface area contributed by atoms with Crippen LogP contribution in [0, 0.1) is 5.92 Å². The number of fused-ring (bicyclic) bond motifs is 1. The van der Waals surface area contributed by atoms with Crippen LogP contribution < -0.4 is 10.2 Å². The fourth-order valence-electron chi connectivity index (χ4n) is 3.09. The molecule has 1 saturated heterocycles. The van der Waals surface area contributed by atoms with Gasteiger partial charge in [0.2, 0.25) is 5.91 Å². The Bertz CT molecular complexity index is 805. The highest BCUT2D eigenvalue weighted by Gasteiger charge is 2.26. The molecule has 4 rings (SSSR count). The SMILES string of the molecule is O=C(Nc1ccccc1)C1CCN(c2nc3ccccc3s2)CC1. The van der Waals surface area contributed by atoms with Gasteiger partial charge in [-0.15, -0.1) is 0 Å². The topological polar surface area (TPSA) is 45.2 Å². The summed E-state index contributed by atoms with van der Waals surface area (Å²) < 4.78 is 1.22. The van der Waals surface area contributed by atoms with Gasteiger partial charge in [0.25, 0.3) is 0 Å². The van der Waals surface area contributed by atoms with Gasteiger partial charge in [-0.1, -0.05) is 41.7 Å². The molecule has 0 unspecified atom stereocenters. The highest BCUT2D eigenvalue weighted by molar-refractivity contribution is 7.22. The van der Waals surface area contributed by atoms with Crippen LogP contribution >= 0.6 is 11.3 Å². The number of anilines is 2. The van der Waals surface area contributed by atoms with Crippen LogP contribution in [0.1, 0.15) is 12.8 Å². The van der Waals surface area contributed by atoms with Gasteiger partial charge in [-0.2, -0.15) is 0 Å². The van der Waals surface area contributed by atoms with Gasteiger partial charge in [0.15, 0.2) is 5.13 Å². The Balaban J connectivity index is 1.38. The number of hydrogen-bond acceptors (Lipinski definition) is 4. The number of nitrogens with one attached hydrogen (secondary N) is 1. The van der Waals surface area contributed by atoms with Crippen LogP contribution in [0.25, 0.3) is 10.2 Å². The second-order valence-electron chi connectivity index (χ2n) is 6.08. The van der Waals surface area contributed by atoms with Gasteiger partial charge in [-0.25, -0.2) is 4.98 Å². The second kappa shape index (κ2) is 6.61. The molecule has 122 valence electrons. The molecule has 1 aromatic heterocycles. The molecule has 0 spiro atoms. The third-order valence-corrected chi connectivity index (χ3v) is 5.56. The molecular weight excluding hydrogens is 318 g/mol. The normalized spacial score (nSPS) is 15.6. The molecule has 1 N–H and O–H groups in total. The minimum Gasteiger partial charge on any atom is -0.348 e. The van der Waals surface area contributed by atoms with E-state index in [2.05, 4.69) is 22.3 Å². The standard InChI is InChI=1S/C19H19N3OS/c23-18(20-15-6-2-1-3-7-15)14-10-12-22(13-11-14)19-21-16-8-4-5-9-17(16)24-19/h1-9,14H,10-13H2,(H,20,23). The van der Waals surface area contributed by atoms with Crippen molar-refractivity contribution in [3.8, 4) is 0 Å². The van der Waals surface area contributed by atoms with E-state index in [1.165, 1.54) is 4.70 Å². The summed E-state index contributed by atoms with van der Waals surface area (Å²) in [4.78, 5) is 19.4. The zero-order valence-corrected chi connectivity index (χ0v) is 14.1. The fourth-order valence-corrected chi connectivity index (χ4v) is 4.11. The van der Waals surface area contributed by atoms with E-state index in [-0.39, 0.29) is 11.8 Å². The Morgan fingerprint density at radius 2 is 1.75 bits per heavy atom. The van der Waals surface area contributed by atoms with E-state index in [1.54, 1.807) is 11.3 Å². The predicted octanol–water partition coefficient (Wildman–Crippen LogP) is 4.15. The van der Waals surface area contributed by atoms with Crippen molar-refractivity contribution in [3.63, 3.8) is 0 Å². The van der Waals surface area contributed by atoms with Gasteiger partial charge in [0.05, 0.1) is 10.2 Å². The van der Waals surface area contributed by atoms with E-state index in [0.717, 1.165) is 42.3 Å². The lowest BCUT2D eigenvalue weighted by atomic mass is 9.96. The quantitative estimate of drug-likeness (QED) is 0.781. The van der Waals surface area contributed by atoms with Crippen LogP contribution in [0.5, 0.6) is 0 Å². The Morgan fingerprint density at radius 1 is 1.04 bits per heavy atom. The maximum absolute atomic E-state index is 12.4. The third kappa shape index (κ3) is 3.12. The van der Waals surface area contributed by atoms with Gasteiger partial charge in [-0.05, 0) is 37.1 Å². The molecule has 24 heavy (non-hydrogen) atoms. The van der Waals surface area contributed by atoms with Crippen molar-refractivity contribution in [3.05, 3.63) is 54.6 Å². The highest BCUT2D eigenvalue weighted by Crippen LogP contribution is 2.31. The van der Waals surface area contributed by atoms with E-state index >= 15 is 0 Å². The average molecular weight is 337 g/mol. The molecule has 1 aliphatic rings. The first kappa shape index (κ1) is 15.1. The van der Waals surface area contributed by atoms with E-state index < -0.39 is 0 Å². The average Bonchev–Trinajstić information content (AvgIpc) is 3.07. The monoisotopic (exact) mass is 337 g/mol. The van der Waals surface area contributed by atoms with Gasteiger partial charge >= 0.3 is 0 Å².